The van der Waals surface area contributed by atoms with Crippen molar-refractivity contribution in [1.82, 2.24) is 5.43 Å². The fraction of sp³-hybridized carbons (Fsp3) is 0.0417. The fourth-order valence-corrected chi connectivity index (χ4v) is 3.45. The highest BCUT2D eigenvalue weighted by molar-refractivity contribution is 6.33. The van der Waals surface area contributed by atoms with E-state index in [0.717, 1.165) is 16.3 Å². The van der Waals surface area contributed by atoms with E-state index < -0.39 is 5.97 Å². The highest BCUT2D eigenvalue weighted by Gasteiger charge is 2.12. The van der Waals surface area contributed by atoms with Gasteiger partial charge in [0.05, 0.1) is 23.2 Å². The van der Waals surface area contributed by atoms with Gasteiger partial charge in [0.25, 0.3) is 0 Å². The number of halogens is 1. The average Bonchev–Trinajstić information content (AvgIpc) is 3.23. The molecule has 1 amide bonds. The van der Waals surface area contributed by atoms with Crippen LogP contribution in [0.4, 0.5) is 0 Å². The van der Waals surface area contributed by atoms with E-state index in [9.17, 15) is 14.7 Å². The van der Waals surface area contributed by atoms with Crippen molar-refractivity contribution < 1.29 is 19.1 Å². The van der Waals surface area contributed by atoms with Crippen molar-refractivity contribution in [2.75, 3.05) is 0 Å². The number of carbonyl (C=O) groups is 2. The lowest BCUT2D eigenvalue weighted by atomic mass is 10.0. The van der Waals surface area contributed by atoms with Crippen LogP contribution in [-0.2, 0) is 11.2 Å². The maximum atomic E-state index is 12.3. The minimum atomic E-state index is -1.12. The van der Waals surface area contributed by atoms with Crippen LogP contribution in [0.25, 0.3) is 22.1 Å². The molecule has 0 spiro atoms. The molecule has 0 aliphatic carbocycles. The summed E-state index contributed by atoms with van der Waals surface area (Å²) in [4.78, 5) is 23.5. The molecule has 31 heavy (non-hydrogen) atoms. The zero-order chi connectivity index (χ0) is 21.8. The Hall–Kier alpha value is -3.90. The minimum Gasteiger partial charge on any atom is -0.478 e. The molecule has 0 radical (unpaired) electrons. The quantitative estimate of drug-likeness (QED) is 0.326. The van der Waals surface area contributed by atoms with Crippen LogP contribution in [0, 0.1) is 0 Å². The molecule has 4 aromatic rings. The maximum Gasteiger partial charge on any atom is 0.337 e. The number of carboxylic acid groups (broad SMARTS) is 1. The van der Waals surface area contributed by atoms with E-state index in [1.54, 1.807) is 18.2 Å². The third kappa shape index (κ3) is 4.65. The number of hydrogen-bond donors (Lipinski definition) is 2. The number of hydrogen-bond acceptors (Lipinski definition) is 4. The lowest BCUT2D eigenvalue weighted by Crippen LogP contribution is -2.19. The molecule has 0 unspecified atom stereocenters. The van der Waals surface area contributed by atoms with Gasteiger partial charge in [-0.25, -0.2) is 10.2 Å². The number of furan rings is 1. The Morgan fingerprint density at radius 2 is 1.84 bits per heavy atom. The first-order chi connectivity index (χ1) is 15.0. The largest absolute Gasteiger partial charge is 0.478 e. The van der Waals surface area contributed by atoms with Crippen molar-refractivity contribution in [3.05, 3.63) is 94.7 Å². The van der Waals surface area contributed by atoms with Gasteiger partial charge in [0.15, 0.2) is 0 Å². The number of fused-ring (bicyclic) bond motifs is 1. The normalized spacial score (nSPS) is 11.1. The van der Waals surface area contributed by atoms with Crippen LogP contribution in [0.2, 0.25) is 5.02 Å². The lowest BCUT2D eigenvalue weighted by molar-refractivity contribution is -0.120. The van der Waals surface area contributed by atoms with Crippen molar-refractivity contribution in [3.8, 4) is 11.3 Å². The number of amides is 1. The summed E-state index contributed by atoms with van der Waals surface area (Å²) in [6, 6.07) is 21.7. The molecule has 1 heterocycles. The molecular weight excluding hydrogens is 416 g/mol. The van der Waals surface area contributed by atoms with Crippen LogP contribution in [-0.4, -0.2) is 23.2 Å². The van der Waals surface area contributed by atoms with E-state index >= 15 is 0 Å². The number of carboxylic acids is 1. The number of carbonyl (C=O) groups excluding carboxylic acids is 1. The standard InChI is InChI=1S/C24H17ClN2O4/c25-21-10-8-17(12-20(21)24(29)30)22-11-9-18(31-22)14-26-27-23(28)13-16-6-3-5-15-4-1-2-7-19(15)16/h1-12,14H,13H2,(H,27,28)(H,29,30)/b26-14-. The van der Waals surface area contributed by atoms with Crippen LogP contribution in [0.15, 0.2) is 82.3 Å². The Kier molecular flexibility index (Phi) is 5.82. The van der Waals surface area contributed by atoms with E-state index in [-0.39, 0.29) is 22.9 Å². The zero-order valence-corrected chi connectivity index (χ0v) is 17.0. The van der Waals surface area contributed by atoms with Crippen molar-refractivity contribution in [3.63, 3.8) is 0 Å². The fourth-order valence-electron chi connectivity index (χ4n) is 3.25. The average molecular weight is 433 g/mol. The summed E-state index contributed by atoms with van der Waals surface area (Å²) in [5, 5.41) is 15.4. The van der Waals surface area contributed by atoms with Crippen LogP contribution in [0.3, 0.4) is 0 Å². The third-order valence-corrected chi connectivity index (χ3v) is 5.05. The summed E-state index contributed by atoms with van der Waals surface area (Å²) in [5.74, 6) is -0.493. The van der Waals surface area contributed by atoms with Crippen molar-refractivity contribution >= 4 is 40.5 Å². The molecule has 2 N–H and O–H groups in total. The number of nitrogens with zero attached hydrogens (tertiary/aromatic N) is 1. The van der Waals surface area contributed by atoms with E-state index in [0.29, 0.717) is 17.1 Å². The van der Waals surface area contributed by atoms with E-state index in [4.69, 9.17) is 16.0 Å². The second-order valence-electron chi connectivity index (χ2n) is 6.81. The SMILES string of the molecule is O=C(Cc1cccc2ccccc12)N/N=C\c1ccc(-c2ccc(Cl)c(C(=O)O)c2)o1. The van der Waals surface area contributed by atoms with Crippen LogP contribution < -0.4 is 5.43 Å². The van der Waals surface area contributed by atoms with Gasteiger partial charge in [0.2, 0.25) is 5.91 Å². The summed E-state index contributed by atoms with van der Waals surface area (Å²) in [6.45, 7) is 0. The highest BCUT2D eigenvalue weighted by atomic mass is 35.5. The summed E-state index contributed by atoms with van der Waals surface area (Å²) in [7, 11) is 0. The highest BCUT2D eigenvalue weighted by Crippen LogP contribution is 2.26. The zero-order valence-electron chi connectivity index (χ0n) is 16.2. The second-order valence-corrected chi connectivity index (χ2v) is 7.22. The van der Waals surface area contributed by atoms with E-state index in [2.05, 4.69) is 10.5 Å². The van der Waals surface area contributed by atoms with Gasteiger partial charge in [-0.05, 0) is 46.7 Å². The Labute approximate surface area is 182 Å². The summed E-state index contributed by atoms with van der Waals surface area (Å²) < 4.78 is 5.67. The molecule has 0 saturated carbocycles. The van der Waals surface area contributed by atoms with Gasteiger partial charge in [0.1, 0.15) is 11.5 Å². The van der Waals surface area contributed by atoms with Crippen LogP contribution in [0.1, 0.15) is 21.7 Å². The molecule has 0 fully saturated rings. The van der Waals surface area contributed by atoms with Gasteiger partial charge in [-0.2, -0.15) is 5.10 Å². The number of aromatic carboxylic acids is 1. The summed E-state index contributed by atoms with van der Waals surface area (Å²) in [6.07, 6.45) is 1.59. The first-order valence-corrected chi connectivity index (χ1v) is 9.80. The molecular formula is C24H17ClN2O4. The van der Waals surface area contributed by atoms with Crippen LogP contribution in [0.5, 0.6) is 0 Å². The Balaban J connectivity index is 1.42. The second kappa shape index (κ2) is 8.85. The number of nitrogens with one attached hydrogen (secondary N) is 1. The molecule has 4 rings (SSSR count). The predicted octanol–water partition coefficient (Wildman–Crippen LogP) is 5.14. The molecule has 0 saturated heterocycles. The first kappa shape index (κ1) is 20.4. The number of rotatable bonds is 6. The molecule has 0 atom stereocenters. The number of benzene rings is 3. The van der Waals surface area contributed by atoms with Gasteiger partial charge in [0, 0.05) is 5.56 Å². The summed E-state index contributed by atoms with van der Waals surface area (Å²) in [5.41, 5.74) is 3.98. The smallest absolute Gasteiger partial charge is 0.337 e. The molecule has 0 bridgehead atoms. The Morgan fingerprint density at radius 3 is 2.68 bits per heavy atom. The van der Waals surface area contributed by atoms with Gasteiger partial charge >= 0.3 is 5.97 Å². The van der Waals surface area contributed by atoms with Gasteiger partial charge in [-0.1, -0.05) is 54.1 Å². The van der Waals surface area contributed by atoms with Gasteiger partial charge < -0.3 is 9.52 Å². The van der Waals surface area contributed by atoms with Crippen molar-refractivity contribution in [2.45, 2.75) is 6.42 Å². The van der Waals surface area contributed by atoms with E-state index in [1.165, 1.54) is 18.3 Å². The van der Waals surface area contributed by atoms with Gasteiger partial charge in [-0.3, -0.25) is 4.79 Å². The topological polar surface area (TPSA) is 91.9 Å². The monoisotopic (exact) mass is 432 g/mol. The molecule has 6 nitrogen and oxygen atoms in total. The molecule has 7 heteroatoms. The van der Waals surface area contributed by atoms with Crippen molar-refractivity contribution in [1.29, 1.82) is 0 Å². The maximum absolute atomic E-state index is 12.3. The van der Waals surface area contributed by atoms with Gasteiger partial charge in [-0.15, -0.1) is 0 Å². The van der Waals surface area contributed by atoms with E-state index in [1.807, 2.05) is 42.5 Å². The Morgan fingerprint density at radius 1 is 1.03 bits per heavy atom. The molecule has 1 aromatic heterocycles. The molecule has 154 valence electrons. The minimum absolute atomic E-state index is 0.00789. The lowest BCUT2D eigenvalue weighted by Gasteiger charge is -2.05. The Bertz CT molecular complexity index is 1300. The van der Waals surface area contributed by atoms with Crippen LogP contribution >= 0.6 is 11.6 Å². The summed E-state index contributed by atoms with van der Waals surface area (Å²) >= 11 is 5.90. The molecule has 0 aliphatic rings. The number of hydrazone groups is 1. The molecule has 0 aliphatic heterocycles. The first-order valence-electron chi connectivity index (χ1n) is 9.43. The molecule has 3 aromatic carbocycles. The third-order valence-electron chi connectivity index (χ3n) is 4.72. The predicted molar refractivity (Wildman–Crippen MR) is 120 cm³/mol. The van der Waals surface area contributed by atoms with Crippen molar-refractivity contribution in [2.24, 2.45) is 5.10 Å².